The van der Waals surface area contributed by atoms with Crippen LogP contribution in [0.5, 0.6) is 5.75 Å². The zero-order valence-electron chi connectivity index (χ0n) is 17.9. The molecule has 3 N–H and O–H groups in total. The van der Waals surface area contributed by atoms with E-state index in [9.17, 15) is 13.5 Å². The summed E-state index contributed by atoms with van der Waals surface area (Å²) in [6, 6.07) is 7.74. The number of nitrogens with zero attached hydrogens (tertiary/aromatic N) is 4. The van der Waals surface area contributed by atoms with E-state index in [2.05, 4.69) is 25.1 Å². The van der Waals surface area contributed by atoms with Crippen LogP contribution in [-0.2, 0) is 10.0 Å². The normalized spacial score (nSPS) is 19.2. The average molecular weight is 461 g/mol. The number of aliphatic hydroxyl groups is 1. The number of hydrogen-bond donors (Lipinski definition) is 3. The van der Waals surface area contributed by atoms with Gasteiger partial charge in [0, 0.05) is 24.8 Å². The molecular formula is C21H28N6O4S. The Labute approximate surface area is 187 Å². The van der Waals surface area contributed by atoms with Crippen molar-refractivity contribution in [3.8, 4) is 11.6 Å². The van der Waals surface area contributed by atoms with Gasteiger partial charge in [-0.25, -0.2) is 22.8 Å². The van der Waals surface area contributed by atoms with Gasteiger partial charge in [0.25, 0.3) is 0 Å². The third-order valence-corrected chi connectivity index (χ3v) is 6.13. The van der Waals surface area contributed by atoms with Gasteiger partial charge in [-0.1, -0.05) is 6.07 Å². The van der Waals surface area contributed by atoms with Crippen LogP contribution in [0, 0.1) is 0 Å². The predicted molar refractivity (Wildman–Crippen MR) is 122 cm³/mol. The molecule has 3 aromatic rings. The SMILES string of the molecule is CS(=O)(=O)NCCCOc1cccc2c1cnn2-c1ccnc(N[C@H]2CC[C@H](O)CC2)n1. The van der Waals surface area contributed by atoms with Crippen LogP contribution in [0.15, 0.2) is 36.7 Å². The van der Waals surface area contributed by atoms with Gasteiger partial charge in [0.05, 0.1) is 36.1 Å². The van der Waals surface area contributed by atoms with Crippen LogP contribution >= 0.6 is 0 Å². The van der Waals surface area contributed by atoms with Gasteiger partial charge in [0.1, 0.15) is 5.75 Å². The van der Waals surface area contributed by atoms with Gasteiger partial charge in [-0.2, -0.15) is 10.1 Å². The summed E-state index contributed by atoms with van der Waals surface area (Å²) in [5.74, 6) is 1.86. The number of anilines is 1. The Morgan fingerprint density at radius 3 is 2.81 bits per heavy atom. The molecule has 0 saturated heterocycles. The minimum Gasteiger partial charge on any atom is -0.493 e. The van der Waals surface area contributed by atoms with E-state index >= 15 is 0 Å². The first kappa shape index (κ1) is 22.4. The van der Waals surface area contributed by atoms with Crippen molar-refractivity contribution in [2.24, 2.45) is 0 Å². The third-order valence-electron chi connectivity index (χ3n) is 5.40. The number of hydrogen-bond acceptors (Lipinski definition) is 8. The quantitative estimate of drug-likeness (QED) is 0.412. The monoisotopic (exact) mass is 460 g/mol. The first-order chi connectivity index (χ1) is 15.4. The topological polar surface area (TPSA) is 131 Å². The van der Waals surface area contributed by atoms with Crippen LogP contribution in [0.3, 0.4) is 0 Å². The van der Waals surface area contributed by atoms with Gasteiger partial charge >= 0.3 is 0 Å². The molecule has 172 valence electrons. The summed E-state index contributed by atoms with van der Waals surface area (Å²) in [7, 11) is -3.19. The second-order valence-corrected chi connectivity index (χ2v) is 9.84. The van der Waals surface area contributed by atoms with Gasteiger partial charge in [-0.15, -0.1) is 0 Å². The van der Waals surface area contributed by atoms with E-state index in [0.29, 0.717) is 37.1 Å². The van der Waals surface area contributed by atoms with Gasteiger partial charge in [0.15, 0.2) is 5.82 Å². The Bertz CT molecular complexity index is 1160. The maximum atomic E-state index is 11.1. The Hall–Kier alpha value is -2.76. The zero-order valence-corrected chi connectivity index (χ0v) is 18.8. The number of aliphatic hydroxyl groups excluding tert-OH is 1. The summed E-state index contributed by atoms with van der Waals surface area (Å²) in [5.41, 5.74) is 0.849. The smallest absolute Gasteiger partial charge is 0.224 e. The summed E-state index contributed by atoms with van der Waals surface area (Å²) < 4.78 is 32.3. The summed E-state index contributed by atoms with van der Waals surface area (Å²) >= 11 is 0. The molecule has 11 heteroatoms. The van der Waals surface area contributed by atoms with E-state index in [0.717, 1.165) is 42.8 Å². The van der Waals surface area contributed by atoms with Crippen molar-refractivity contribution in [3.63, 3.8) is 0 Å². The zero-order chi connectivity index (χ0) is 22.6. The van der Waals surface area contributed by atoms with E-state index in [4.69, 9.17) is 4.74 Å². The Balaban J connectivity index is 1.45. The minimum absolute atomic E-state index is 0.205. The van der Waals surface area contributed by atoms with Crippen molar-refractivity contribution in [3.05, 3.63) is 36.7 Å². The molecule has 1 aromatic carbocycles. The lowest BCUT2D eigenvalue weighted by Crippen LogP contribution is -2.29. The predicted octanol–water partition coefficient (Wildman–Crippen LogP) is 1.85. The molecule has 1 saturated carbocycles. The molecule has 0 atom stereocenters. The van der Waals surface area contributed by atoms with Crippen LogP contribution in [0.4, 0.5) is 5.95 Å². The van der Waals surface area contributed by atoms with Crippen molar-refractivity contribution in [1.82, 2.24) is 24.5 Å². The van der Waals surface area contributed by atoms with Crippen molar-refractivity contribution in [2.45, 2.75) is 44.2 Å². The lowest BCUT2D eigenvalue weighted by atomic mass is 9.93. The molecule has 0 amide bonds. The van der Waals surface area contributed by atoms with Gasteiger partial charge in [0.2, 0.25) is 16.0 Å². The first-order valence-corrected chi connectivity index (χ1v) is 12.6. The molecular weight excluding hydrogens is 432 g/mol. The number of aromatic nitrogens is 4. The molecule has 0 spiro atoms. The highest BCUT2D eigenvalue weighted by molar-refractivity contribution is 7.88. The Morgan fingerprint density at radius 2 is 2.03 bits per heavy atom. The fraction of sp³-hybridized carbons (Fsp3) is 0.476. The van der Waals surface area contributed by atoms with E-state index in [1.165, 1.54) is 0 Å². The lowest BCUT2D eigenvalue weighted by molar-refractivity contribution is 0.126. The minimum atomic E-state index is -3.19. The van der Waals surface area contributed by atoms with E-state index < -0.39 is 10.0 Å². The maximum absolute atomic E-state index is 11.1. The number of rotatable bonds is 9. The summed E-state index contributed by atoms with van der Waals surface area (Å²) in [6.07, 6.45) is 8.26. The molecule has 1 fully saturated rings. The molecule has 2 heterocycles. The number of fused-ring (bicyclic) bond motifs is 1. The molecule has 0 bridgehead atoms. The molecule has 32 heavy (non-hydrogen) atoms. The van der Waals surface area contributed by atoms with E-state index in [1.807, 2.05) is 18.2 Å². The molecule has 1 aliphatic carbocycles. The molecule has 1 aliphatic rings. The van der Waals surface area contributed by atoms with Crippen LogP contribution in [-0.4, -0.2) is 64.8 Å². The van der Waals surface area contributed by atoms with Crippen LogP contribution < -0.4 is 14.8 Å². The lowest BCUT2D eigenvalue weighted by Gasteiger charge is -2.26. The molecule has 0 radical (unpaired) electrons. The fourth-order valence-electron chi connectivity index (χ4n) is 3.78. The Morgan fingerprint density at radius 1 is 1.22 bits per heavy atom. The summed E-state index contributed by atoms with van der Waals surface area (Å²) in [6.45, 7) is 0.704. The number of nitrogens with one attached hydrogen (secondary N) is 2. The average Bonchev–Trinajstić information content (AvgIpc) is 3.20. The number of ether oxygens (including phenoxy) is 1. The summed E-state index contributed by atoms with van der Waals surface area (Å²) in [4.78, 5) is 8.96. The van der Waals surface area contributed by atoms with Crippen molar-refractivity contribution in [1.29, 1.82) is 0 Å². The summed E-state index contributed by atoms with van der Waals surface area (Å²) in [5, 5.41) is 18.4. The maximum Gasteiger partial charge on any atom is 0.224 e. The standard InChI is InChI=1S/C21H28N6O4S/c1-32(29,30)24-11-3-13-31-19-5-2-4-18-17(19)14-23-27(18)20-10-12-22-21(26-20)25-15-6-8-16(28)9-7-15/h2,4-5,10,12,14-16,24,28H,3,6-9,11,13H2,1H3,(H,22,25,26)/t15-,16-. The molecule has 0 aliphatic heterocycles. The highest BCUT2D eigenvalue weighted by Gasteiger charge is 2.20. The number of sulfonamides is 1. The first-order valence-electron chi connectivity index (χ1n) is 10.7. The Kier molecular flexibility index (Phi) is 6.87. The van der Waals surface area contributed by atoms with Crippen LogP contribution in [0.2, 0.25) is 0 Å². The van der Waals surface area contributed by atoms with Crippen LogP contribution in [0.25, 0.3) is 16.7 Å². The van der Waals surface area contributed by atoms with Gasteiger partial charge in [-0.05, 0) is 44.2 Å². The fourth-order valence-corrected chi connectivity index (χ4v) is 4.30. The molecule has 2 aromatic heterocycles. The molecule has 4 rings (SSSR count). The molecule has 10 nitrogen and oxygen atoms in total. The second-order valence-electron chi connectivity index (χ2n) is 8.00. The largest absolute Gasteiger partial charge is 0.493 e. The van der Waals surface area contributed by atoms with Crippen LogP contribution in [0.1, 0.15) is 32.1 Å². The second kappa shape index (κ2) is 9.80. The van der Waals surface area contributed by atoms with E-state index in [1.54, 1.807) is 23.1 Å². The highest BCUT2D eigenvalue weighted by atomic mass is 32.2. The van der Waals surface area contributed by atoms with E-state index in [-0.39, 0.29) is 12.1 Å². The highest BCUT2D eigenvalue weighted by Crippen LogP contribution is 2.27. The third kappa shape index (κ3) is 5.72. The van der Waals surface area contributed by atoms with Crippen molar-refractivity contribution in [2.75, 3.05) is 24.7 Å². The van der Waals surface area contributed by atoms with Crippen molar-refractivity contribution >= 4 is 26.9 Å². The van der Waals surface area contributed by atoms with Gasteiger partial charge < -0.3 is 15.2 Å². The molecule has 0 unspecified atom stereocenters. The number of benzene rings is 1. The van der Waals surface area contributed by atoms with Crippen molar-refractivity contribution < 1.29 is 18.3 Å². The van der Waals surface area contributed by atoms with Gasteiger partial charge in [-0.3, -0.25) is 0 Å².